The number of benzene rings is 1. The summed E-state index contributed by atoms with van der Waals surface area (Å²) in [6, 6.07) is 8.35. The van der Waals surface area contributed by atoms with Gasteiger partial charge in [-0.05, 0) is 26.0 Å². The predicted octanol–water partition coefficient (Wildman–Crippen LogP) is 2.32. The Balaban J connectivity index is 3.14. The Labute approximate surface area is 102 Å². The van der Waals surface area contributed by atoms with E-state index in [1.54, 1.807) is 51.2 Å². The molecule has 0 N–H and O–H groups in total. The molecule has 5 heteroatoms. The second kappa shape index (κ2) is 4.73. The fraction of sp³-hybridized carbons (Fsp3) is 0.455. The molecule has 0 saturated carbocycles. The first-order valence-corrected chi connectivity index (χ1v) is 6.90. The maximum atomic E-state index is 12.2. The Morgan fingerprint density at radius 2 is 1.75 bits per heavy atom. The van der Waals surface area contributed by atoms with Crippen molar-refractivity contribution in [2.45, 2.75) is 24.3 Å². The monoisotopic (exact) mass is 261 g/mol. The smallest absolute Gasteiger partial charge is 0.207 e. The Hall–Kier alpha value is -0.580. The molecule has 1 aromatic rings. The maximum absolute atomic E-state index is 12.2. The summed E-state index contributed by atoms with van der Waals surface area (Å²) in [4.78, 5) is 0.288. The average molecular weight is 262 g/mol. The van der Waals surface area contributed by atoms with Crippen molar-refractivity contribution in [3.05, 3.63) is 30.3 Å². The molecule has 90 valence electrons. The zero-order chi connectivity index (χ0) is 12.4. The first-order valence-electron chi connectivity index (χ1n) is 4.92. The van der Waals surface area contributed by atoms with Crippen molar-refractivity contribution in [2.75, 3.05) is 12.9 Å². The van der Waals surface area contributed by atoms with E-state index in [2.05, 4.69) is 0 Å². The number of hydrogen-bond donors (Lipinski definition) is 0. The lowest BCUT2D eigenvalue weighted by Crippen LogP contribution is -2.46. The van der Waals surface area contributed by atoms with Crippen LogP contribution in [0.1, 0.15) is 13.8 Å². The molecule has 16 heavy (non-hydrogen) atoms. The van der Waals surface area contributed by atoms with Crippen molar-refractivity contribution in [1.29, 1.82) is 0 Å². The topological polar surface area (TPSA) is 37.4 Å². The van der Waals surface area contributed by atoms with Crippen LogP contribution in [0.3, 0.4) is 0 Å². The summed E-state index contributed by atoms with van der Waals surface area (Å²) >= 11 is 5.78. The van der Waals surface area contributed by atoms with Crippen LogP contribution in [0, 0.1) is 0 Å². The first-order chi connectivity index (χ1) is 7.32. The number of alkyl halides is 1. The van der Waals surface area contributed by atoms with E-state index in [1.807, 2.05) is 0 Å². The highest BCUT2D eigenvalue weighted by atomic mass is 35.5. The molecule has 0 unspecified atom stereocenters. The fourth-order valence-electron chi connectivity index (χ4n) is 1.16. The van der Waals surface area contributed by atoms with Gasteiger partial charge in [-0.2, -0.15) is 4.31 Å². The molecule has 0 aliphatic heterocycles. The van der Waals surface area contributed by atoms with Gasteiger partial charge < -0.3 is 0 Å². The van der Waals surface area contributed by atoms with E-state index < -0.39 is 15.6 Å². The molecule has 3 nitrogen and oxygen atoms in total. The van der Waals surface area contributed by atoms with Gasteiger partial charge in [-0.1, -0.05) is 18.2 Å². The molecule has 0 aromatic heterocycles. The molecule has 0 radical (unpaired) electrons. The van der Waals surface area contributed by atoms with Gasteiger partial charge in [0.15, 0.2) is 0 Å². The molecule has 0 amide bonds. The first kappa shape index (κ1) is 13.5. The molecule has 0 spiro atoms. The normalized spacial score (nSPS) is 13.1. The third kappa shape index (κ3) is 2.56. The van der Waals surface area contributed by atoms with Crippen molar-refractivity contribution in [2.24, 2.45) is 0 Å². The summed E-state index contributed by atoms with van der Waals surface area (Å²) < 4.78 is 25.7. The number of sulfonamides is 1. The summed E-state index contributed by atoms with van der Waals surface area (Å²) in [6.07, 6.45) is 0. The summed E-state index contributed by atoms with van der Waals surface area (Å²) in [5.41, 5.74) is -0.601. The van der Waals surface area contributed by atoms with Crippen LogP contribution >= 0.6 is 11.6 Å². The number of hydrogen-bond acceptors (Lipinski definition) is 2. The Morgan fingerprint density at radius 1 is 1.25 bits per heavy atom. The van der Waals surface area contributed by atoms with Crippen LogP contribution in [0.2, 0.25) is 0 Å². The minimum absolute atomic E-state index is 0.246. The van der Waals surface area contributed by atoms with Crippen molar-refractivity contribution in [3.8, 4) is 0 Å². The van der Waals surface area contributed by atoms with E-state index in [4.69, 9.17) is 11.6 Å². The van der Waals surface area contributed by atoms with E-state index in [0.717, 1.165) is 0 Å². The Morgan fingerprint density at radius 3 is 2.19 bits per heavy atom. The van der Waals surface area contributed by atoms with Crippen LogP contribution in [0.15, 0.2) is 35.2 Å². The van der Waals surface area contributed by atoms with Crippen molar-refractivity contribution < 1.29 is 8.42 Å². The average Bonchev–Trinajstić information content (AvgIpc) is 2.29. The number of halogens is 1. The van der Waals surface area contributed by atoms with Gasteiger partial charge in [0.05, 0.1) is 4.90 Å². The second-order valence-corrected chi connectivity index (χ2v) is 6.47. The van der Waals surface area contributed by atoms with E-state index in [-0.39, 0.29) is 10.8 Å². The Bertz CT molecular complexity index is 442. The van der Waals surface area contributed by atoms with Crippen molar-refractivity contribution in [3.63, 3.8) is 0 Å². The van der Waals surface area contributed by atoms with Gasteiger partial charge in [0.1, 0.15) is 0 Å². The van der Waals surface area contributed by atoms with Gasteiger partial charge in [-0.25, -0.2) is 8.42 Å². The minimum atomic E-state index is -3.46. The summed E-state index contributed by atoms with van der Waals surface area (Å²) in [5, 5.41) is 0. The van der Waals surface area contributed by atoms with Crippen molar-refractivity contribution >= 4 is 21.6 Å². The van der Waals surface area contributed by atoms with Crippen LogP contribution in [-0.2, 0) is 10.0 Å². The second-order valence-electron chi connectivity index (χ2n) is 4.23. The van der Waals surface area contributed by atoms with Crippen LogP contribution in [0.25, 0.3) is 0 Å². The predicted molar refractivity (Wildman–Crippen MR) is 66.2 cm³/mol. The zero-order valence-electron chi connectivity index (χ0n) is 9.64. The molecule has 0 aliphatic rings. The van der Waals surface area contributed by atoms with Gasteiger partial charge in [-0.3, -0.25) is 0 Å². The SMILES string of the molecule is CN(C(C)(C)CCl)S(=O)(=O)c1ccccc1. The molecule has 0 saturated heterocycles. The van der Waals surface area contributed by atoms with E-state index in [0.29, 0.717) is 0 Å². The number of nitrogens with zero attached hydrogens (tertiary/aromatic N) is 1. The van der Waals surface area contributed by atoms with E-state index in [9.17, 15) is 8.42 Å². The number of rotatable bonds is 4. The van der Waals surface area contributed by atoms with Gasteiger partial charge in [-0.15, -0.1) is 11.6 Å². The molecular weight excluding hydrogens is 246 g/mol. The largest absolute Gasteiger partial charge is 0.243 e. The lowest BCUT2D eigenvalue weighted by atomic mass is 10.1. The highest BCUT2D eigenvalue weighted by molar-refractivity contribution is 7.89. The third-order valence-corrected chi connectivity index (χ3v) is 5.32. The summed E-state index contributed by atoms with van der Waals surface area (Å²) in [7, 11) is -1.91. The van der Waals surface area contributed by atoms with Gasteiger partial charge in [0.25, 0.3) is 0 Å². The van der Waals surface area contributed by atoms with Crippen molar-refractivity contribution in [1.82, 2.24) is 4.31 Å². The summed E-state index contributed by atoms with van der Waals surface area (Å²) in [5.74, 6) is 0.246. The van der Waals surface area contributed by atoms with Crippen LogP contribution in [0.4, 0.5) is 0 Å². The fourth-order valence-corrected chi connectivity index (χ4v) is 2.94. The lowest BCUT2D eigenvalue weighted by molar-refractivity contribution is 0.296. The summed E-state index contributed by atoms with van der Waals surface area (Å²) in [6.45, 7) is 3.58. The van der Waals surface area contributed by atoms with Crippen LogP contribution < -0.4 is 0 Å². The molecule has 0 fully saturated rings. The highest BCUT2D eigenvalue weighted by Crippen LogP contribution is 2.23. The minimum Gasteiger partial charge on any atom is -0.207 e. The van der Waals surface area contributed by atoms with E-state index >= 15 is 0 Å². The van der Waals surface area contributed by atoms with Gasteiger partial charge >= 0.3 is 0 Å². The van der Waals surface area contributed by atoms with Crippen LogP contribution in [-0.4, -0.2) is 31.2 Å². The van der Waals surface area contributed by atoms with Crippen LogP contribution in [0.5, 0.6) is 0 Å². The Kier molecular flexibility index (Phi) is 3.99. The molecule has 0 heterocycles. The zero-order valence-corrected chi connectivity index (χ0v) is 11.2. The highest BCUT2D eigenvalue weighted by Gasteiger charge is 2.33. The molecule has 0 aliphatic carbocycles. The molecular formula is C11H16ClNO2S. The standard InChI is InChI=1S/C11H16ClNO2S/c1-11(2,9-12)13(3)16(14,15)10-7-5-4-6-8-10/h4-8H,9H2,1-3H3. The molecule has 1 rings (SSSR count). The van der Waals surface area contributed by atoms with Gasteiger partial charge in [0.2, 0.25) is 10.0 Å². The lowest BCUT2D eigenvalue weighted by Gasteiger charge is -2.32. The van der Waals surface area contributed by atoms with Gasteiger partial charge in [0, 0.05) is 18.5 Å². The third-order valence-electron chi connectivity index (χ3n) is 2.58. The van der Waals surface area contributed by atoms with E-state index in [1.165, 1.54) is 4.31 Å². The molecule has 1 aromatic carbocycles. The molecule has 0 bridgehead atoms. The molecule has 0 atom stereocenters. The maximum Gasteiger partial charge on any atom is 0.243 e. The quantitative estimate of drug-likeness (QED) is 0.780.